The lowest BCUT2D eigenvalue weighted by atomic mass is 9.88. The van der Waals surface area contributed by atoms with Crippen molar-refractivity contribution in [2.45, 2.75) is 63.9 Å². The lowest BCUT2D eigenvalue weighted by Crippen LogP contribution is -2.31. The van der Waals surface area contributed by atoms with Crippen molar-refractivity contribution < 1.29 is 28.2 Å². The summed E-state index contributed by atoms with van der Waals surface area (Å²) in [6.07, 6.45) is 4.40. The number of aromatic nitrogens is 3. The number of rotatable bonds is 9. The van der Waals surface area contributed by atoms with E-state index in [4.69, 9.17) is 14.5 Å². The van der Waals surface area contributed by atoms with E-state index < -0.39 is 11.8 Å². The Labute approximate surface area is 253 Å². The fourth-order valence-electron chi connectivity index (χ4n) is 6.40. The molecular formula is C35H31F2N3O4. The maximum Gasteiger partial charge on any atom is 0.335 e. The van der Waals surface area contributed by atoms with Gasteiger partial charge in [-0.05, 0) is 80.1 Å². The molecule has 9 heteroatoms. The number of nitrogens with zero attached hydrogens (tertiary/aromatic N) is 3. The van der Waals surface area contributed by atoms with Crippen molar-refractivity contribution in [3.05, 3.63) is 113 Å². The van der Waals surface area contributed by atoms with Gasteiger partial charge in [-0.1, -0.05) is 30.3 Å². The van der Waals surface area contributed by atoms with Gasteiger partial charge in [-0.25, -0.2) is 23.5 Å². The molecule has 7 nitrogen and oxygen atoms in total. The fraction of sp³-hybridized carbons (Fsp3) is 0.286. The minimum absolute atomic E-state index is 0.0256. The van der Waals surface area contributed by atoms with E-state index in [0.29, 0.717) is 51.7 Å². The molecule has 224 valence electrons. The van der Waals surface area contributed by atoms with Crippen LogP contribution in [0.3, 0.4) is 0 Å². The molecule has 0 unspecified atom stereocenters. The standard InChI is InChI=1S/C35H31F2N3O4/c1-21-5-6-25(27(36)15-21)19-43-33-4-2-3-29(39-33)23-8-7-22(28(37)16-23)18-32-38-30-10-9-24(34(41)42)17-31(30)40(32)20-35-13-11-26(44-35)12-14-35/h2-10,15-17,26H,11-14,18-20H2,1H3,(H,41,42). The molecule has 0 amide bonds. The predicted octanol–water partition coefficient (Wildman–Crippen LogP) is 7.26. The van der Waals surface area contributed by atoms with Crippen molar-refractivity contribution in [1.82, 2.24) is 14.5 Å². The number of fused-ring (bicyclic) bond motifs is 3. The quantitative estimate of drug-likeness (QED) is 0.193. The number of aromatic carboxylic acids is 1. The lowest BCUT2D eigenvalue weighted by molar-refractivity contribution is 0.000839. The van der Waals surface area contributed by atoms with E-state index in [0.717, 1.165) is 31.2 Å². The normalized spacial score (nSPS) is 19.1. The van der Waals surface area contributed by atoms with Crippen LogP contribution in [0.25, 0.3) is 22.3 Å². The highest BCUT2D eigenvalue weighted by atomic mass is 19.1. The second kappa shape index (κ2) is 11.1. The molecule has 5 aromatic rings. The summed E-state index contributed by atoms with van der Waals surface area (Å²) < 4.78 is 44.0. The molecular weight excluding hydrogens is 564 g/mol. The van der Waals surface area contributed by atoms with Crippen LogP contribution in [0.2, 0.25) is 0 Å². The molecule has 3 aromatic carbocycles. The Morgan fingerprint density at radius 1 is 1.00 bits per heavy atom. The SMILES string of the molecule is Cc1ccc(COc2cccc(-c3ccc(Cc4nc5ccc(C(=O)O)cc5n4CC45CCC(CC4)O5)c(F)c3)n2)c(F)c1. The van der Waals surface area contributed by atoms with Gasteiger partial charge < -0.3 is 19.1 Å². The van der Waals surface area contributed by atoms with E-state index in [-0.39, 0.29) is 36.1 Å². The topological polar surface area (TPSA) is 86.5 Å². The van der Waals surface area contributed by atoms with Gasteiger partial charge in [0, 0.05) is 23.6 Å². The minimum Gasteiger partial charge on any atom is -0.478 e. The van der Waals surface area contributed by atoms with E-state index in [9.17, 15) is 14.3 Å². The molecule has 2 bridgehead atoms. The van der Waals surface area contributed by atoms with Gasteiger partial charge in [0.1, 0.15) is 24.1 Å². The van der Waals surface area contributed by atoms with Crippen molar-refractivity contribution in [1.29, 1.82) is 0 Å². The van der Waals surface area contributed by atoms with Crippen LogP contribution in [0.1, 0.15) is 58.6 Å². The first kappa shape index (κ1) is 28.2. The average Bonchev–Trinajstić information content (AvgIpc) is 3.71. The van der Waals surface area contributed by atoms with E-state index in [1.165, 1.54) is 12.1 Å². The zero-order chi connectivity index (χ0) is 30.4. The van der Waals surface area contributed by atoms with Crippen LogP contribution in [-0.4, -0.2) is 37.3 Å². The van der Waals surface area contributed by atoms with E-state index >= 15 is 4.39 Å². The van der Waals surface area contributed by atoms with Crippen molar-refractivity contribution >= 4 is 17.0 Å². The highest BCUT2D eigenvalue weighted by Gasteiger charge is 2.46. The van der Waals surface area contributed by atoms with Gasteiger partial charge in [-0.15, -0.1) is 0 Å². The zero-order valence-corrected chi connectivity index (χ0v) is 24.2. The smallest absolute Gasteiger partial charge is 0.335 e. The number of pyridine rings is 1. The van der Waals surface area contributed by atoms with Crippen LogP contribution < -0.4 is 4.74 Å². The first-order chi connectivity index (χ1) is 21.2. The van der Waals surface area contributed by atoms with E-state index in [1.54, 1.807) is 54.6 Å². The molecule has 0 saturated carbocycles. The summed E-state index contributed by atoms with van der Waals surface area (Å²) in [6, 6.07) is 20.0. The van der Waals surface area contributed by atoms with Gasteiger partial charge >= 0.3 is 5.97 Å². The minimum atomic E-state index is -1.01. The van der Waals surface area contributed by atoms with E-state index in [2.05, 4.69) is 4.98 Å². The number of carboxylic acids is 1. The Morgan fingerprint density at radius 3 is 2.52 bits per heavy atom. The number of ether oxygens (including phenoxy) is 2. The van der Waals surface area contributed by atoms with Crippen LogP contribution in [0.4, 0.5) is 8.78 Å². The Kier molecular flexibility index (Phi) is 7.13. The third-order valence-corrected chi connectivity index (χ3v) is 8.79. The molecule has 44 heavy (non-hydrogen) atoms. The number of hydrogen-bond donors (Lipinski definition) is 1. The highest BCUT2D eigenvalue weighted by molar-refractivity contribution is 5.92. The van der Waals surface area contributed by atoms with Crippen LogP contribution in [-0.2, 0) is 24.3 Å². The summed E-state index contributed by atoms with van der Waals surface area (Å²) in [6.45, 7) is 2.39. The van der Waals surface area contributed by atoms with Gasteiger partial charge in [0.25, 0.3) is 0 Å². The molecule has 2 aliphatic rings. The molecule has 2 fully saturated rings. The van der Waals surface area contributed by atoms with Crippen molar-refractivity contribution in [3.63, 3.8) is 0 Å². The number of hydrogen-bond acceptors (Lipinski definition) is 5. The maximum atomic E-state index is 15.6. The Morgan fingerprint density at radius 2 is 1.80 bits per heavy atom. The molecule has 2 aliphatic heterocycles. The van der Waals surface area contributed by atoms with Crippen molar-refractivity contribution in [2.75, 3.05) is 0 Å². The Bertz CT molecular complexity index is 1900. The molecule has 7 rings (SSSR count). The zero-order valence-electron chi connectivity index (χ0n) is 24.2. The maximum absolute atomic E-state index is 15.6. The monoisotopic (exact) mass is 595 g/mol. The van der Waals surface area contributed by atoms with E-state index in [1.807, 2.05) is 17.6 Å². The number of carboxylic acid groups (broad SMARTS) is 1. The van der Waals surface area contributed by atoms with Crippen molar-refractivity contribution in [2.24, 2.45) is 0 Å². The number of halogens is 2. The Balaban J connectivity index is 1.15. The van der Waals surface area contributed by atoms with Gasteiger partial charge in [0.05, 0.1) is 40.5 Å². The summed E-state index contributed by atoms with van der Waals surface area (Å²) in [5, 5.41) is 9.61. The van der Waals surface area contributed by atoms with Gasteiger partial charge in [-0.3, -0.25) is 0 Å². The summed E-state index contributed by atoms with van der Waals surface area (Å²) in [7, 11) is 0. The number of aryl methyl sites for hydroxylation is 1. The largest absolute Gasteiger partial charge is 0.478 e. The second-order valence-corrected chi connectivity index (χ2v) is 11.9. The first-order valence-corrected chi connectivity index (χ1v) is 14.8. The molecule has 2 aromatic heterocycles. The molecule has 1 N–H and O–H groups in total. The van der Waals surface area contributed by atoms with Crippen LogP contribution in [0, 0.1) is 18.6 Å². The molecule has 0 spiro atoms. The average molecular weight is 596 g/mol. The number of carbonyl (C=O) groups is 1. The molecule has 4 heterocycles. The van der Waals surface area contributed by atoms with Crippen molar-refractivity contribution in [3.8, 4) is 17.1 Å². The van der Waals surface area contributed by atoms with Crippen LogP contribution in [0.15, 0.2) is 72.8 Å². The van der Waals surface area contributed by atoms with Crippen LogP contribution >= 0.6 is 0 Å². The number of imidazole rings is 1. The first-order valence-electron chi connectivity index (χ1n) is 14.8. The summed E-state index contributed by atoms with van der Waals surface area (Å²) in [4.78, 5) is 21.1. The predicted molar refractivity (Wildman–Crippen MR) is 161 cm³/mol. The summed E-state index contributed by atoms with van der Waals surface area (Å²) in [5.74, 6) is -0.788. The molecule has 0 aliphatic carbocycles. The second-order valence-electron chi connectivity index (χ2n) is 11.9. The number of benzene rings is 3. The van der Waals surface area contributed by atoms with Gasteiger partial charge in [0.2, 0.25) is 5.88 Å². The van der Waals surface area contributed by atoms with Gasteiger partial charge in [0.15, 0.2) is 0 Å². The summed E-state index contributed by atoms with van der Waals surface area (Å²) >= 11 is 0. The third kappa shape index (κ3) is 5.43. The Hall–Kier alpha value is -4.63. The highest BCUT2D eigenvalue weighted by Crippen LogP contribution is 2.45. The molecule has 0 radical (unpaired) electrons. The summed E-state index contributed by atoms with van der Waals surface area (Å²) in [5.41, 5.74) is 4.06. The third-order valence-electron chi connectivity index (χ3n) is 8.79. The van der Waals surface area contributed by atoms with Gasteiger partial charge in [-0.2, -0.15) is 0 Å². The fourth-order valence-corrected chi connectivity index (χ4v) is 6.40. The molecule has 0 atom stereocenters. The lowest BCUT2D eigenvalue weighted by Gasteiger charge is -2.26. The molecule has 2 saturated heterocycles. The van der Waals surface area contributed by atoms with Crippen LogP contribution in [0.5, 0.6) is 5.88 Å².